The highest BCUT2D eigenvalue weighted by Gasteiger charge is 2.17. The summed E-state index contributed by atoms with van der Waals surface area (Å²) in [6.45, 7) is 7.96. The molecule has 2 nitrogen and oxygen atoms in total. The third-order valence-electron chi connectivity index (χ3n) is 2.08. The highest BCUT2D eigenvalue weighted by atomic mass is 16.5. The Hall–Kier alpha value is -1.02. The van der Waals surface area contributed by atoms with E-state index in [4.69, 9.17) is 4.74 Å². The lowest BCUT2D eigenvalue weighted by molar-refractivity contribution is 0.117. The maximum absolute atomic E-state index is 9.83. The lowest BCUT2D eigenvalue weighted by Gasteiger charge is -2.24. The van der Waals surface area contributed by atoms with Gasteiger partial charge in [0.25, 0.3) is 0 Å². The molecule has 0 bridgehead atoms. The van der Waals surface area contributed by atoms with Crippen molar-refractivity contribution in [1.82, 2.24) is 0 Å². The summed E-state index contributed by atoms with van der Waals surface area (Å²) < 4.78 is 5.80. The summed E-state index contributed by atoms with van der Waals surface area (Å²) >= 11 is 0. The topological polar surface area (TPSA) is 29.5 Å². The van der Waals surface area contributed by atoms with E-state index in [1.165, 1.54) is 0 Å². The summed E-state index contributed by atoms with van der Waals surface area (Å²) in [5.41, 5.74) is 0.638. The highest BCUT2D eigenvalue weighted by Crippen LogP contribution is 2.29. The zero-order chi connectivity index (χ0) is 11.5. The van der Waals surface area contributed by atoms with E-state index in [1.54, 1.807) is 0 Å². The third kappa shape index (κ3) is 3.56. The molecule has 1 atom stereocenters. The van der Waals surface area contributed by atoms with Crippen molar-refractivity contribution in [3.05, 3.63) is 29.8 Å². The quantitative estimate of drug-likeness (QED) is 0.825. The Kier molecular flexibility index (Phi) is 3.75. The third-order valence-corrected chi connectivity index (χ3v) is 2.08. The van der Waals surface area contributed by atoms with Gasteiger partial charge in [-0.1, -0.05) is 25.1 Å². The van der Waals surface area contributed by atoms with Gasteiger partial charge in [-0.05, 0) is 33.3 Å². The second kappa shape index (κ2) is 4.67. The molecule has 15 heavy (non-hydrogen) atoms. The lowest BCUT2D eigenvalue weighted by Crippen LogP contribution is -2.23. The van der Waals surface area contributed by atoms with Crippen LogP contribution in [0.2, 0.25) is 0 Å². The van der Waals surface area contributed by atoms with Crippen LogP contribution in [0, 0.1) is 0 Å². The molecule has 0 saturated carbocycles. The Morgan fingerprint density at radius 2 is 1.87 bits per heavy atom. The van der Waals surface area contributed by atoms with Crippen LogP contribution < -0.4 is 4.74 Å². The summed E-state index contributed by atoms with van der Waals surface area (Å²) in [6, 6.07) is 7.66. The van der Waals surface area contributed by atoms with Crippen molar-refractivity contribution in [3.63, 3.8) is 0 Å². The Bertz CT molecular complexity index is 313. The number of benzene rings is 1. The molecule has 0 aromatic heterocycles. The van der Waals surface area contributed by atoms with E-state index in [0.29, 0.717) is 6.42 Å². The standard InChI is InChI=1S/C13H20O2/c1-5-11(14)10-8-6-7-9-12(10)15-13(2,3)4/h6-9,11,14H,5H2,1-4H3. The zero-order valence-corrected chi connectivity index (χ0v) is 9.95. The van der Waals surface area contributed by atoms with E-state index in [9.17, 15) is 5.11 Å². The van der Waals surface area contributed by atoms with Gasteiger partial charge in [0, 0.05) is 5.56 Å². The van der Waals surface area contributed by atoms with Crippen LogP contribution in [0.1, 0.15) is 45.8 Å². The highest BCUT2D eigenvalue weighted by molar-refractivity contribution is 5.35. The first-order chi connectivity index (χ1) is 6.94. The van der Waals surface area contributed by atoms with Crippen LogP contribution in [0.3, 0.4) is 0 Å². The average molecular weight is 208 g/mol. The molecule has 0 heterocycles. The number of rotatable bonds is 3. The molecule has 1 rings (SSSR count). The van der Waals surface area contributed by atoms with Crippen LogP contribution in [-0.4, -0.2) is 10.7 Å². The molecule has 0 fully saturated rings. The van der Waals surface area contributed by atoms with E-state index < -0.39 is 6.10 Å². The number of para-hydroxylation sites is 1. The number of hydrogen-bond acceptors (Lipinski definition) is 2. The monoisotopic (exact) mass is 208 g/mol. The Morgan fingerprint density at radius 1 is 1.27 bits per heavy atom. The van der Waals surface area contributed by atoms with Crippen LogP contribution >= 0.6 is 0 Å². The van der Waals surface area contributed by atoms with Crippen LogP contribution in [0.5, 0.6) is 5.75 Å². The van der Waals surface area contributed by atoms with Crippen LogP contribution in [-0.2, 0) is 0 Å². The number of aliphatic hydroxyl groups is 1. The summed E-state index contributed by atoms with van der Waals surface area (Å²) in [5, 5.41) is 9.83. The van der Waals surface area contributed by atoms with E-state index in [2.05, 4.69) is 0 Å². The first-order valence-corrected chi connectivity index (χ1v) is 5.40. The summed E-state index contributed by atoms with van der Waals surface area (Å²) in [5.74, 6) is 0.777. The largest absolute Gasteiger partial charge is 0.488 e. The minimum Gasteiger partial charge on any atom is -0.488 e. The maximum Gasteiger partial charge on any atom is 0.125 e. The molecule has 1 aromatic rings. The molecule has 0 aliphatic heterocycles. The van der Waals surface area contributed by atoms with E-state index in [1.807, 2.05) is 52.0 Å². The molecule has 0 amide bonds. The van der Waals surface area contributed by atoms with Crippen LogP contribution in [0.25, 0.3) is 0 Å². The van der Waals surface area contributed by atoms with Gasteiger partial charge in [0.1, 0.15) is 11.4 Å². The molecule has 1 N–H and O–H groups in total. The Morgan fingerprint density at radius 3 is 2.40 bits per heavy atom. The Labute approximate surface area is 91.9 Å². The predicted octanol–water partition coefficient (Wildman–Crippen LogP) is 3.31. The second-order valence-corrected chi connectivity index (χ2v) is 4.68. The minimum atomic E-state index is -0.441. The molecule has 0 saturated heterocycles. The molecule has 0 spiro atoms. The van der Waals surface area contributed by atoms with Crippen molar-refractivity contribution in [2.45, 2.75) is 45.8 Å². The smallest absolute Gasteiger partial charge is 0.125 e. The van der Waals surface area contributed by atoms with Gasteiger partial charge in [0.15, 0.2) is 0 Å². The number of ether oxygens (including phenoxy) is 1. The van der Waals surface area contributed by atoms with Crippen molar-refractivity contribution < 1.29 is 9.84 Å². The number of aliphatic hydroxyl groups excluding tert-OH is 1. The van der Waals surface area contributed by atoms with E-state index in [0.717, 1.165) is 11.3 Å². The average Bonchev–Trinajstić information content (AvgIpc) is 2.15. The van der Waals surface area contributed by atoms with E-state index >= 15 is 0 Å². The normalized spacial score (nSPS) is 13.7. The molecular formula is C13H20O2. The first-order valence-electron chi connectivity index (χ1n) is 5.40. The SMILES string of the molecule is CCC(O)c1ccccc1OC(C)(C)C. The van der Waals surface area contributed by atoms with Gasteiger partial charge in [-0.3, -0.25) is 0 Å². The minimum absolute atomic E-state index is 0.233. The molecular weight excluding hydrogens is 188 g/mol. The molecule has 2 heteroatoms. The van der Waals surface area contributed by atoms with Crippen molar-refractivity contribution in [3.8, 4) is 5.75 Å². The summed E-state index contributed by atoms with van der Waals surface area (Å²) in [7, 11) is 0. The zero-order valence-electron chi connectivity index (χ0n) is 9.95. The van der Waals surface area contributed by atoms with Crippen LogP contribution in [0.15, 0.2) is 24.3 Å². The molecule has 84 valence electrons. The van der Waals surface area contributed by atoms with Crippen molar-refractivity contribution in [2.75, 3.05) is 0 Å². The van der Waals surface area contributed by atoms with Crippen molar-refractivity contribution >= 4 is 0 Å². The van der Waals surface area contributed by atoms with Crippen LogP contribution in [0.4, 0.5) is 0 Å². The fraction of sp³-hybridized carbons (Fsp3) is 0.538. The fourth-order valence-corrected chi connectivity index (χ4v) is 1.40. The number of hydrogen-bond donors (Lipinski definition) is 1. The molecule has 0 radical (unpaired) electrons. The predicted molar refractivity (Wildman–Crippen MR) is 62.1 cm³/mol. The van der Waals surface area contributed by atoms with Crippen molar-refractivity contribution in [2.24, 2.45) is 0 Å². The van der Waals surface area contributed by atoms with Gasteiger partial charge in [0.05, 0.1) is 6.10 Å². The summed E-state index contributed by atoms with van der Waals surface area (Å²) in [6.07, 6.45) is 0.258. The lowest BCUT2D eigenvalue weighted by atomic mass is 10.1. The summed E-state index contributed by atoms with van der Waals surface area (Å²) in [4.78, 5) is 0. The van der Waals surface area contributed by atoms with Crippen molar-refractivity contribution in [1.29, 1.82) is 0 Å². The fourth-order valence-electron chi connectivity index (χ4n) is 1.40. The maximum atomic E-state index is 9.83. The Balaban J connectivity index is 2.96. The van der Waals surface area contributed by atoms with Gasteiger partial charge >= 0.3 is 0 Å². The van der Waals surface area contributed by atoms with Gasteiger partial charge < -0.3 is 9.84 Å². The van der Waals surface area contributed by atoms with Gasteiger partial charge in [0.2, 0.25) is 0 Å². The van der Waals surface area contributed by atoms with Gasteiger partial charge in [-0.2, -0.15) is 0 Å². The molecule has 1 aromatic carbocycles. The molecule has 1 unspecified atom stereocenters. The first kappa shape index (κ1) is 12.1. The molecule has 0 aliphatic rings. The van der Waals surface area contributed by atoms with Gasteiger partial charge in [-0.15, -0.1) is 0 Å². The second-order valence-electron chi connectivity index (χ2n) is 4.68. The van der Waals surface area contributed by atoms with E-state index in [-0.39, 0.29) is 5.60 Å². The molecule has 0 aliphatic carbocycles. The van der Waals surface area contributed by atoms with Gasteiger partial charge in [-0.25, -0.2) is 0 Å².